The smallest absolute Gasteiger partial charge is 0.410 e. The number of aromatic nitrogens is 1. The van der Waals surface area contributed by atoms with Gasteiger partial charge in [0.2, 0.25) is 0 Å². The van der Waals surface area contributed by atoms with Gasteiger partial charge in [-0.1, -0.05) is 0 Å². The van der Waals surface area contributed by atoms with Crippen LogP contribution in [-0.2, 0) is 4.74 Å². The predicted octanol–water partition coefficient (Wildman–Crippen LogP) is 3.61. The number of hydrogen-bond donors (Lipinski definition) is 0. The van der Waals surface area contributed by atoms with Crippen LogP contribution in [0.25, 0.3) is 0 Å². The molecule has 0 N–H and O–H groups in total. The summed E-state index contributed by atoms with van der Waals surface area (Å²) in [4.78, 5) is 18.4. The van der Waals surface area contributed by atoms with Gasteiger partial charge in [0.25, 0.3) is 0 Å². The Labute approximate surface area is 112 Å². The van der Waals surface area contributed by atoms with Crippen LogP contribution in [-0.4, -0.2) is 28.1 Å². The lowest BCUT2D eigenvalue weighted by atomic mass is 10.0. The van der Waals surface area contributed by atoms with E-state index in [-0.39, 0.29) is 12.1 Å². The van der Waals surface area contributed by atoms with E-state index in [9.17, 15) is 4.79 Å². The van der Waals surface area contributed by atoms with E-state index >= 15 is 0 Å². The van der Waals surface area contributed by atoms with Gasteiger partial charge >= 0.3 is 6.09 Å². The Balaban J connectivity index is 2.11. The van der Waals surface area contributed by atoms with Gasteiger partial charge in [-0.2, -0.15) is 0 Å². The van der Waals surface area contributed by atoms with E-state index in [2.05, 4.69) is 4.98 Å². The van der Waals surface area contributed by atoms with Gasteiger partial charge < -0.3 is 4.74 Å². The maximum absolute atomic E-state index is 12.2. The summed E-state index contributed by atoms with van der Waals surface area (Å²) in [7, 11) is 0. The third-order valence-electron chi connectivity index (χ3n) is 2.92. The van der Waals surface area contributed by atoms with Gasteiger partial charge in [-0.15, -0.1) is 11.3 Å². The molecule has 1 saturated heterocycles. The standard InChI is InChI=1S/C13H20N2O2S/c1-13(2,3)17-12(16)15-7-5-4-6-11(15)10-8-18-9-14-10/h8-9,11H,4-7H2,1-3H3. The summed E-state index contributed by atoms with van der Waals surface area (Å²) < 4.78 is 5.47. The van der Waals surface area contributed by atoms with Crippen LogP contribution in [0, 0.1) is 0 Å². The van der Waals surface area contributed by atoms with Crippen molar-refractivity contribution in [1.82, 2.24) is 9.88 Å². The zero-order valence-electron chi connectivity index (χ0n) is 11.2. The number of ether oxygens (including phenoxy) is 1. The molecule has 100 valence electrons. The van der Waals surface area contributed by atoms with Crippen molar-refractivity contribution >= 4 is 17.4 Å². The first-order valence-electron chi connectivity index (χ1n) is 6.35. The molecule has 1 aliphatic rings. The van der Waals surface area contributed by atoms with Crippen LogP contribution in [0.5, 0.6) is 0 Å². The Morgan fingerprint density at radius 1 is 1.50 bits per heavy atom. The molecule has 1 fully saturated rings. The Bertz CT molecular complexity index is 398. The molecule has 1 aromatic rings. The van der Waals surface area contributed by atoms with Crippen LogP contribution in [0.1, 0.15) is 51.8 Å². The lowest BCUT2D eigenvalue weighted by Gasteiger charge is -2.35. The van der Waals surface area contributed by atoms with Crippen molar-refractivity contribution < 1.29 is 9.53 Å². The fourth-order valence-electron chi connectivity index (χ4n) is 2.16. The minimum absolute atomic E-state index is 0.0832. The highest BCUT2D eigenvalue weighted by Gasteiger charge is 2.32. The van der Waals surface area contributed by atoms with Gasteiger partial charge in [0, 0.05) is 11.9 Å². The summed E-state index contributed by atoms with van der Waals surface area (Å²) in [6.07, 6.45) is 2.94. The first-order valence-corrected chi connectivity index (χ1v) is 7.29. The van der Waals surface area contributed by atoms with E-state index in [0.717, 1.165) is 31.5 Å². The van der Waals surface area contributed by atoms with Gasteiger partial charge in [0.05, 0.1) is 17.2 Å². The number of rotatable bonds is 1. The zero-order valence-corrected chi connectivity index (χ0v) is 12.0. The third-order valence-corrected chi connectivity index (χ3v) is 3.53. The highest BCUT2D eigenvalue weighted by molar-refractivity contribution is 7.07. The topological polar surface area (TPSA) is 42.4 Å². The molecule has 2 heterocycles. The maximum atomic E-state index is 12.2. The third kappa shape index (κ3) is 3.22. The van der Waals surface area contributed by atoms with Gasteiger partial charge in [-0.05, 0) is 40.0 Å². The van der Waals surface area contributed by atoms with E-state index in [1.54, 1.807) is 11.3 Å². The normalized spacial score (nSPS) is 20.8. The number of piperidine rings is 1. The van der Waals surface area contributed by atoms with E-state index < -0.39 is 5.60 Å². The number of hydrogen-bond acceptors (Lipinski definition) is 4. The van der Waals surface area contributed by atoms with Crippen LogP contribution in [0.15, 0.2) is 10.9 Å². The van der Waals surface area contributed by atoms with Gasteiger partial charge in [-0.3, -0.25) is 4.90 Å². The summed E-state index contributed by atoms with van der Waals surface area (Å²) in [6.45, 7) is 6.45. The Morgan fingerprint density at radius 3 is 2.89 bits per heavy atom. The summed E-state index contributed by atoms with van der Waals surface area (Å²) in [6, 6.07) is 0.0832. The first kappa shape index (κ1) is 13.3. The fourth-order valence-corrected chi connectivity index (χ4v) is 2.77. The molecular formula is C13H20N2O2S. The van der Waals surface area contributed by atoms with Crippen LogP contribution < -0.4 is 0 Å². The lowest BCUT2D eigenvalue weighted by Crippen LogP contribution is -2.41. The maximum Gasteiger partial charge on any atom is 0.410 e. The fraction of sp³-hybridized carbons (Fsp3) is 0.692. The van der Waals surface area contributed by atoms with Crippen molar-refractivity contribution in [1.29, 1.82) is 0 Å². The summed E-state index contributed by atoms with van der Waals surface area (Å²) >= 11 is 1.57. The number of amides is 1. The van der Waals surface area contributed by atoms with E-state index in [1.165, 1.54) is 0 Å². The highest BCUT2D eigenvalue weighted by atomic mass is 32.1. The minimum atomic E-state index is -0.443. The summed E-state index contributed by atoms with van der Waals surface area (Å²) in [5.74, 6) is 0. The van der Waals surface area contributed by atoms with E-state index in [0.29, 0.717) is 0 Å². The Morgan fingerprint density at radius 2 is 2.28 bits per heavy atom. The molecule has 5 heteroatoms. The van der Waals surface area contributed by atoms with Crippen molar-refractivity contribution in [3.8, 4) is 0 Å². The molecule has 1 atom stereocenters. The van der Waals surface area contributed by atoms with Crippen molar-refractivity contribution in [2.75, 3.05) is 6.54 Å². The molecule has 0 aromatic carbocycles. The van der Waals surface area contributed by atoms with Crippen LogP contribution in [0.3, 0.4) is 0 Å². The van der Waals surface area contributed by atoms with Crippen LogP contribution >= 0.6 is 11.3 Å². The second-order valence-corrected chi connectivity index (χ2v) is 6.32. The number of carbonyl (C=O) groups is 1. The van der Waals surface area contributed by atoms with Crippen LogP contribution in [0.2, 0.25) is 0 Å². The largest absolute Gasteiger partial charge is 0.444 e. The Hall–Kier alpha value is -1.10. The SMILES string of the molecule is CC(C)(C)OC(=O)N1CCCCC1c1cscn1. The molecule has 0 spiro atoms. The van der Waals surface area contributed by atoms with Crippen molar-refractivity contribution in [3.05, 3.63) is 16.6 Å². The highest BCUT2D eigenvalue weighted by Crippen LogP contribution is 2.31. The molecule has 0 saturated carbocycles. The molecule has 2 rings (SSSR count). The van der Waals surface area contributed by atoms with E-state index in [4.69, 9.17) is 4.74 Å². The number of likely N-dealkylation sites (tertiary alicyclic amines) is 1. The predicted molar refractivity (Wildman–Crippen MR) is 71.6 cm³/mol. The van der Waals surface area contributed by atoms with Crippen molar-refractivity contribution in [2.45, 2.75) is 51.7 Å². The molecule has 0 radical (unpaired) electrons. The second kappa shape index (κ2) is 5.26. The van der Waals surface area contributed by atoms with Gasteiger partial charge in [-0.25, -0.2) is 9.78 Å². The summed E-state index contributed by atoms with van der Waals surface area (Å²) in [5, 5.41) is 2.02. The molecule has 1 amide bonds. The van der Waals surface area contributed by atoms with Gasteiger partial charge in [0.1, 0.15) is 5.60 Å². The van der Waals surface area contributed by atoms with Crippen molar-refractivity contribution in [2.24, 2.45) is 0 Å². The number of thiazole rings is 1. The molecule has 18 heavy (non-hydrogen) atoms. The average Bonchev–Trinajstić information content (AvgIpc) is 2.80. The number of carbonyl (C=O) groups excluding carboxylic acids is 1. The second-order valence-electron chi connectivity index (χ2n) is 5.60. The molecule has 0 bridgehead atoms. The monoisotopic (exact) mass is 268 g/mol. The quantitative estimate of drug-likeness (QED) is 0.781. The first-order chi connectivity index (χ1) is 8.47. The van der Waals surface area contributed by atoms with Gasteiger partial charge in [0.15, 0.2) is 0 Å². The molecule has 4 nitrogen and oxygen atoms in total. The molecule has 1 aliphatic heterocycles. The molecule has 1 aromatic heterocycles. The van der Waals surface area contributed by atoms with Crippen molar-refractivity contribution in [3.63, 3.8) is 0 Å². The molecule has 1 unspecified atom stereocenters. The molecular weight excluding hydrogens is 248 g/mol. The Kier molecular flexibility index (Phi) is 3.90. The average molecular weight is 268 g/mol. The van der Waals surface area contributed by atoms with E-state index in [1.807, 2.05) is 36.6 Å². The van der Waals surface area contributed by atoms with Crippen LogP contribution in [0.4, 0.5) is 4.79 Å². The zero-order chi connectivity index (χ0) is 13.2. The minimum Gasteiger partial charge on any atom is -0.444 e. The lowest BCUT2D eigenvalue weighted by molar-refractivity contribution is 0.00907. The summed E-state index contributed by atoms with van der Waals surface area (Å²) in [5.41, 5.74) is 2.36. The molecule has 0 aliphatic carbocycles. The number of nitrogens with zero attached hydrogens (tertiary/aromatic N) is 2.